The van der Waals surface area contributed by atoms with Gasteiger partial charge < -0.3 is 9.84 Å². The minimum absolute atomic E-state index is 0.125. The van der Waals surface area contributed by atoms with Crippen molar-refractivity contribution in [3.8, 4) is 0 Å². The van der Waals surface area contributed by atoms with Crippen molar-refractivity contribution in [2.75, 3.05) is 7.11 Å². The second-order valence-electron chi connectivity index (χ2n) is 2.42. The standard InChI is InChI=1S/C6H9NO3/c1-10-4(7)6(2-3-6)5(8)9/h7H,2-3H2,1H3,(H,8,9). The van der Waals surface area contributed by atoms with Crippen molar-refractivity contribution >= 4 is 11.9 Å². The fourth-order valence-corrected chi connectivity index (χ4v) is 0.858. The van der Waals surface area contributed by atoms with Crippen LogP contribution in [-0.2, 0) is 9.53 Å². The second-order valence-corrected chi connectivity index (χ2v) is 2.42. The van der Waals surface area contributed by atoms with Gasteiger partial charge in [0.2, 0.25) is 0 Å². The molecule has 0 aromatic rings. The number of carboxylic acids is 1. The molecule has 4 heteroatoms. The summed E-state index contributed by atoms with van der Waals surface area (Å²) >= 11 is 0. The first kappa shape index (κ1) is 7.05. The Morgan fingerprint density at radius 1 is 1.70 bits per heavy atom. The van der Waals surface area contributed by atoms with Crippen LogP contribution >= 0.6 is 0 Å². The summed E-state index contributed by atoms with van der Waals surface area (Å²) in [6.07, 6.45) is 1.07. The Morgan fingerprint density at radius 3 is 2.30 bits per heavy atom. The van der Waals surface area contributed by atoms with E-state index >= 15 is 0 Å². The van der Waals surface area contributed by atoms with Gasteiger partial charge in [0.1, 0.15) is 5.41 Å². The molecular weight excluding hydrogens is 134 g/mol. The molecule has 0 aliphatic heterocycles. The van der Waals surface area contributed by atoms with Gasteiger partial charge in [-0.15, -0.1) is 0 Å². The lowest BCUT2D eigenvalue weighted by atomic mass is 10.1. The lowest BCUT2D eigenvalue weighted by Gasteiger charge is -2.08. The molecule has 0 bridgehead atoms. The van der Waals surface area contributed by atoms with Crippen LogP contribution in [0.15, 0.2) is 0 Å². The summed E-state index contributed by atoms with van der Waals surface area (Å²) in [5.74, 6) is -1.07. The highest BCUT2D eigenvalue weighted by Gasteiger charge is 2.55. The molecule has 0 amide bonds. The smallest absolute Gasteiger partial charge is 0.319 e. The van der Waals surface area contributed by atoms with E-state index in [0.717, 1.165) is 0 Å². The van der Waals surface area contributed by atoms with Gasteiger partial charge in [0.15, 0.2) is 5.90 Å². The van der Waals surface area contributed by atoms with Crippen molar-refractivity contribution in [1.29, 1.82) is 5.41 Å². The van der Waals surface area contributed by atoms with E-state index in [9.17, 15) is 4.79 Å². The van der Waals surface area contributed by atoms with Crippen molar-refractivity contribution in [2.45, 2.75) is 12.8 Å². The first-order valence-corrected chi connectivity index (χ1v) is 3.00. The molecule has 0 saturated heterocycles. The molecule has 2 N–H and O–H groups in total. The molecule has 4 nitrogen and oxygen atoms in total. The van der Waals surface area contributed by atoms with Crippen molar-refractivity contribution in [1.82, 2.24) is 0 Å². The van der Waals surface area contributed by atoms with Crippen molar-refractivity contribution < 1.29 is 14.6 Å². The van der Waals surface area contributed by atoms with Crippen LogP contribution in [0.4, 0.5) is 0 Å². The Labute approximate surface area is 58.3 Å². The number of nitrogens with one attached hydrogen (secondary N) is 1. The van der Waals surface area contributed by atoms with Gasteiger partial charge in [-0.1, -0.05) is 0 Å². The lowest BCUT2D eigenvalue weighted by molar-refractivity contribution is -0.141. The van der Waals surface area contributed by atoms with E-state index in [1.54, 1.807) is 0 Å². The molecule has 1 aliphatic carbocycles. The average molecular weight is 143 g/mol. The highest BCUT2D eigenvalue weighted by Crippen LogP contribution is 2.46. The zero-order valence-corrected chi connectivity index (χ0v) is 5.68. The number of aliphatic carboxylic acids is 1. The van der Waals surface area contributed by atoms with Crippen LogP contribution in [0.1, 0.15) is 12.8 Å². The molecular formula is C6H9NO3. The van der Waals surface area contributed by atoms with Crippen LogP contribution in [-0.4, -0.2) is 24.1 Å². The van der Waals surface area contributed by atoms with Gasteiger partial charge in [-0.2, -0.15) is 0 Å². The molecule has 0 atom stereocenters. The van der Waals surface area contributed by atoms with E-state index in [4.69, 9.17) is 10.5 Å². The van der Waals surface area contributed by atoms with Gasteiger partial charge in [0.25, 0.3) is 0 Å². The van der Waals surface area contributed by atoms with Crippen LogP contribution in [0.5, 0.6) is 0 Å². The Balaban J connectivity index is 2.69. The van der Waals surface area contributed by atoms with Crippen LogP contribution < -0.4 is 0 Å². The number of rotatable bonds is 2. The molecule has 10 heavy (non-hydrogen) atoms. The molecule has 0 radical (unpaired) electrons. The highest BCUT2D eigenvalue weighted by atomic mass is 16.5. The molecule has 0 unspecified atom stereocenters. The van der Waals surface area contributed by atoms with Crippen LogP contribution in [0.3, 0.4) is 0 Å². The fraction of sp³-hybridized carbons (Fsp3) is 0.667. The quantitative estimate of drug-likeness (QED) is 0.436. The number of hydrogen-bond donors (Lipinski definition) is 2. The van der Waals surface area contributed by atoms with Gasteiger partial charge in [-0.25, -0.2) is 0 Å². The van der Waals surface area contributed by atoms with E-state index in [1.165, 1.54) is 7.11 Å². The molecule has 0 aromatic carbocycles. The number of methoxy groups -OCH3 is 1. The zero-order valence-electron chi connectivity index (χ0n) is 5.68. The molecule has 1 fully saturated rings. The van der Waals surface area contributed by atoms with E-state index in [1.807, 2.05) is 0 Å². The van der Waals surface area contributed by atoms with Crippen molar-refractivity contribution in [3.63, 3.8) is 0 Å². The van der Waals surface area contributed by atoms with Gasteiger partial charge in [-0.3, -0.25) is 10.2 Å². The number of hydrogen-bond acceptors (Lipinski definition) is 3. The largest absolute Gasteiger partial charge is 0.484 e. The Hall–Kier alpha value is -1.06. The monoisotopic (exact) mass is 143 g/mol. The first-order chi connectivity index (χ1) is 4.63. The van der Waals surface area contributed by atoms with Crippen molar-refractivity contribution in [2.24, 2.45) is 5.41 Å². The third kappa shape index (κ3) is 0.761. The number of carbonyl (C=O) groups is 1. The van der Waals surface area contributed by atoms with Gasteiger partial charge >= 0.3 is 5.97 Å². The molecule has 0 heterocycles. The van der Waals surface area contributed by atoms with E-state index < -0.39 is 11.4 Å². The summed E-state index contributed by atoms with van der Waals surface area (Å²) in [5, 5.41) is 15.7. The van der Waals surface area contributed by atoms with E-state index in [2.05, 4.69) is 4.74 Å². The van der Waals surface area contributed by atoms with Gasteiger partial charge in [0.05, 0.1) is 7.11 Å². The first-order valence-electron chi connectivity index (χ1n) is 3.00. The molecule has 56 valence electrons. The molecule has 1 aliphatic rings. The van der Waals surface area contributed by atoms with Crippen LogP contribution in [0.2, 0.25) is 0 Å². The highest BCUT2D eigenvalue weighted by molar-refractivity contribution is 6.03. The third-order valence-corrected chi connectivity index (χ3v) is 1.80. The van der Waals surface area contributed by atoms with E-state index in [0.29, 0.717) is 12.8 Å². The Kier molecular flexibility index (Phi) is 1.39. The zero-order chi connectivity index (χ0) is 7.78. The molecule has 1 rings (SSSR count). The van der Waals surface area contributed by atoms with Gasteiger partial charge in [-0.05, 0) is 12.8 Å². The topological polar surface area (TPSA) is 70.4 Å². The number of ether oxygens (including phenoxy) is 1. The normalized spacial score (nSPS) is 19.7. The fourth-order valence-electron chi connectivity index (χ4n) is 0.858. The lowest BCUT2D eigenvalue weighted by Crippen LogP contribution is -2.25. The Bertz CT molecular complexity index is 183. The summed E-state index contributed by atoms with van der Waals surface area (Å²) in [6.45, 7) is 0. The minimum atomic E-state index is -0.964. The number of carboxylic acid groups (broad SMARTS) is 1. The molecule has 1 saturated carbocycles. The van der Waals surface area contributed by atoms with E-state index in [-0.39, 0.29) is 5.90 Å². The minimum Gasteiger partial charge on any atom is -0.484 e. The SMILES string of the molecule is COC(=N)C1(C(=O)O)CC1. The molecule has 0 spiro atoms. The Morgan fingerprint density at radius 2 is 2.20 bits per heavy atom. The predicted octanol–water partition coefficient (Wildman–Crippen LogP) is 0.475. The van der Waals surface area contributed by atoms with Gasteiger partial charge in [0, 0.05) is 0 Å². The summed E-state index contributed by atoms with van der Waals surface area (Å²) in [4.78, 5) is 10.5. The summed E-state index contributed by atoms with van der Waals surface area (Å²) in [5.41, 5.74) is -0.964. The summed E-state index contributed by atoms with van der Waals surface area (Å²) in [7, 11) is 1.32. The summed E-state index contributed by atoms with van der Waals surface area (Å²) < 4.78 is 4.54. The van der Waals surface area contributed by atoms with Crippen LogP contribution in [0, 0.1) is 10.8 Å². The van der Waals surface area contributed by atoms with Crippen LogP contribution in [0.25, 0.3) is 0 Å². The summed E-state index contributed by atoms with van der Waals surface area (Å²) in [6, 6.07) is 0. The molecule has 0 aromatic heterocycles. The predicted molar refractivity (Wildman–Crippen MR) is 34.0 cm³/mol. The maximum Gasteiger partial charge on any atom is 0.319 e. The second kappa shape index (κ2) is 1.97. The average Bonchev–Trinajstić information content (AvgIpc) is 2.65. The maximum absolute atomic E-state index is 10.5. The maximum atomic E-state index is 10.5. The van der Waals surface area contributed by atoms with Crippen molar-refractivity contribution in [3.05, 3.63) is 0 Å². The third-order valence-electron chi connectivity index (χ3n) is 1.80.